The van der Waals surface area contributed by atoms with Crippen molar-refractivity contribution >= 4 is 11.3 Å². The van der Waals surface area contributed by atoms with Gasteiger partial charge >= 0.3 is 0 Å². The second-order valence-electron chi connectivity index (χ2n) is 2.99. The molecule has 0 N–H and O–H groups in total. The van der Waals surface area contributed by atoms with Gasteiger partial charge in [-0.1, -0.05) is 13.1 Å². The summed E-state index contributed by atoms with van der Waals surface area (Å²) >= 11 is 1.55. The summed E-state index contributed by atoms with van der Waals surface area (Å²) in [6.45, 7) is 2.39. The van der Waals surface area contributed by atoms with Gasteiger partial charge in [-0.2, -0.15) is 0 Å². The minimum Gasteiger partial charge on any atom is -0.342 e. The van der Waals surface area contributed by atoms with Crippen LogP contribution in [0.4, 0.5) is 0 Å². The number of hydrogen-bond acceptors (Lipinski definition) is 3. The summed E-state index contributed by atoms with van der Waals surface area (Å²) in [4.78, 5) is 15.6. The van der Waals surface area contributed by atoms with Crippen LogP contribution in [0.3, 0.4) is 0 Å². The Morgan fingerprint density at radius 3 is 3.00 bits per heavy atom. The number of thiazole rings is 1. The average Bonchev–Trinajstić information content (AvgIpc) is 2.62. The standard InChI is InChI=1S/C10H9N2OS.Y/c1-8-2-4-12(10(13)6-8)7-9-11-3-5-14-9;/h3-6H,7H2,1H3;/q-1;. The van der Waals surface area contributed by atoms with Crippen LogP contribution in [0.5, 0.6) is 0 Å². The Morgan fingerprint density at radius 2 is 2.40 bits per heavy atom. The Balaban J connectivity index is 0.00000112. The topological polar surface area (TPSA) is 34.9 Å². The third-order valence-corrected chi connectivity index (χ3v) is 2.62. The van der Waals surface area contributed by atoms with Crippen LogP contribution in [-0.2, 0) is 39.3 Å². The summed E-state index contributed by atoms with van der Waals surface area (Å²) in [5.41, 5.74) is 0.863. The fraction of sp³-hybridized carbons (Fsp3) is 0.200. The molecule has 2 heterocycles. The molecular weight excluding hydrogens is 285 g/mol. The largest absolute Gasteiger partial charge is 0.342 e. The van der Waals surface area contributed by atoms with Gasteiger partial charge < -0.3 is 4.57 Å². The van der Waals surface area contributed by atoms with E-state index in [1.165, 1.54) is 0 Å². The van der Waals surface area contributed by atoms with E-state index in [0.717, 1.165) is 10.6 Å². The van der Waals surface area contributed by atoms with Gasteiger partial charge in [-0.3, -0.25) is 4.79 Å². The molecular formula is C10H9N2OSY-. The Labute approximate surface area is 117 Å². The molecule has 0 bridgehead atoms. The SMILES string of the molecule is Cc1[c-]cn(Cc2nccs2)c(=O)c1.[Y]. The molecule has 0 spiro atoms. The van der Waals surface area contributed by atoms with Crippen molar-refractivity contribution in [1.82, 2.24) is 9.55 Å². The smallest absolute Gasteiger partial charge is 0.168 e. The Morgan fingerprint density at radius 1 is 1.60 bits per heavy atom. The van der Waals surface area contributed by atoms with Crippen molar-refractivity contribution < 1.29 is 32.7 Å². The average molecular weight is 294 g/mol. The quantitative estimate of drug-likeness (QED) is 0.786. The molecule has 3 nitrogen and oxygen atoms in total. The summed E-state index contributed by atoms with van der Waals surface area (Å²) in [5, 5.41) is 2.84. The van der Waals surface area contributed by atoms with Crippen LogP contribution in [0.15, 0.2) is 28.6 Å². The van der Waals surface area contributed by atoms with Gasteiger partial charge in [-0.15, -0.1) is 17.4 Å². The zero-order valence-corrected chi connectivity index (χ0v) is 12.0. The van der Waals surface area contributed by atoms with Crippen molar-refractivity contribution in [2.24, 2.45) is 0 Å². The van der Waals surface area contributed by atoms with Crippen molar-refractivity contribution in [3.8, 4) is 0 Å². The van der Waals surface area contributed by atoms with Gasteiger partial charge in [-0.05, 0) is 0 Å². The maximum absolute atomic E-state index is 11.5. The van der Waals surface area contributed by atoms with Crippen molar-refractivity contribution in [3.63, 3.8) is 0 Å². The molecule has 0 aromatic carbocycles. The minimum absolute atomic E-state index is 0. The Hall–Kier alpha value is -0.316. The number of aromatic nitrogens is 2. The first kappa shape index (κ1) is 12.8. The Bertz CT molecular complexity index is 478. The van der Waals surface area contributed by atoms with Crippen LogP contribution >= 0.6 is 11.3 Å². The van der Waals surface area contributed by atoms with Crippen molar-refractivity contribution in [3.05, 3.63) is 50.8 Å². The predicted octanol–water partition coefficient (Wildman–Crippen LogP) is 1.46. The van der Waals surface area contributed by atoms with Crippen molar-refractivity contribution in [1.29, 1.82) is 0 Å². The van der Waals surface area contributed by atoms with Crippen LogP contribution in [0.2, 0.25) is 0 Å². The Kier molecular flexibility index (Phi) is 4.83. The molecule has 1 radical (unpaired) electrons. The van der Waals surface area contributed by atoms with Crippen LogP contribution in [-0.4, -0.2) is 9.55 Å². The predicted molar refractivity (Wildman–Crippen MR) is 55.5 cm³/mol. The maximum atomic E-state index is 11.5. The molecule has 0 saturated carbocycles. The molecule has 75 valence electrons. The van der Waals surface area contributed by atoms with Gasteiger partial charge in [0.15, 0.2) is 5.56 Å². The zero-order valence-electron chi connectivity index (χ0n) is 8.30. The van der Waals surface area contributed by atoms with E-state index in [1.54, 1.807) is 34.4 Å². The molecule has 15 heavy (non-hydrogen) atoms. The third kappa shape index (κ3) is 3.33. The van der Waals surface area contributed by atoms with E-state index in [4.69, 9.17) is 0 Å². The first-order chi connectivity index (χ1) is 6.75. The molecule has 0 atom stereocenters. The molecule has 2 rings (SSSR count). The van der Waals surface area contributed by atoms with Gasteiger partial charge in [0.2, 0.25) is 0 Å². The molecule has 0 aliphatic rings. The number of nitrogens with zero attached hydrogens (tertiary/aromatic N) is 2. The summed E-state index contributed by atoms with van der Waals surface area (Å²) < 4.78 is 1.60. The first-order valence-corrected chi connectivity index (χ1v) is 5.11. The van der Waals surface area contributed by atoms with E-state index in [2.05, 4.69) is 11.1 Å². The summed E-state index contributed by atoms with van der Waals surface area (Å²) in [5.74, 6) is 0. The molecule has 2 aromatic heterocycles. The molecule has 0 aliphatic carbocycles. The minimum atomic E-state index is -0.00329. The van der Waals surface area contributed by atoms with Gasteiger partial charge in [0.05, 0.1) is 6.54 Å². The monoisotopic (exact) mass is 294 g/mol. The maximum Gasteiger partial charge on any atom is 0.168 e. The molecule has 0 fully saturated rings. The number of pyridine rings is 1. The summed E-state index contributed by atoms with van der Waals surface area (Å²) in [6, 6.07) is 4.57. The van der Waals surface area contributed by atoms with Crippen LogP contribution in [0.25, 0.3) is 0 Å². The normalized spacial score (nSPS) is 9.67. The van der Waals surface area contributed by atoms with Gasteiger partial charge in [-0.25, -0.2) is 16.6 Å². The van der Waals surface area contributed by atoms with Crippen molar-refractivity contribution in [2.75, 3.05) is 0 Å². The number of hydrogen-bond donors (Lipinski definition) is 0. The molecule has 2 aromatic rings. The second-order valence-corrected chi connectivity index (χ2v) is 3.97. The first-order valence-electron chi connectivity index (χ1n) is 4.23. The van der Waals surface area contributed by atoms with Crippen LogP contribution < -0.4 is 5.56 Å². The second kappa shape index (κ2) is 5.68. The van der Waals surface area contributed by atoms with E-state index in [1.807, 2.05) is 12.3 Å². The van der Waals surface area contributed by atoms with Gasteiger partial charge in [0.1, 0.15) is 5.01 Å². The molecule has 0 saturated heterocycles. The van der Waals surface area contributed by atoms with E-state index in [0.29, 0.717) is 6.54 Å². The summed E-state index contributed by atoms with van der Waals surface area (Å²) in [7, 11) is 0. The number of aryl methyl sites for hydroxylation is 1. The molecule has 0 unspecified atom stereocenters. The van der Waals surface area contributed by atoms with E-state index in [9.17, 15) is 4.79 Å². The van der Waals surface area contributed by atoms with E-state index in [-0.39, 0.29) is 38.3 Å². The van der Waals surface area contributed by atoms with Crippen LogP contribution in [0, 0.1) is 13.0 Å². The van der Waals surface area contributed by atoms with Crippen LogP contribution in [0.1, 0.15) is 10.6 Å². The molecule has 0 aliphatic heterocycles. The van der Waals surface area contributed by atoms with Gasteiger partial charge in [0, 0.05) is 44.3 Å². The van der Waals surface area contributed by atoms with E-state index < -0.39 is 0 Å². The zero-order chi connectivity index (χ0) is 9.97. The van der Waals surface area contributed by atoms with E-state index >= 15 is 0 Å². The fourth-order valence-electron chi connectivity index (χ4n) is 1.15. The fourth-order valence-corrected chi connectivity index (χ4v) is 1.77. The van der Waals surface area contributed by atoms with Crippen molar-refractivity contribution in [2.45, 2.75) is 13.5 Å². The number of rotatable bonds is 2. The molecule has 0 amide bonds. The summed E-state index contributed by atoms with van der Waals surface area (Å²) in [6.07, 6.45) is 3.42. The third-order valence-electron chi connectivity index (χ3n) is 1.86. The van der Waals surface area contributed by atoms with Gasteiger partial charge in [0.25, 0.3) is 0 Å². The molecule has 5 heteroatoms.